The predicted molar refractivity (Wildman–Crippen MR) is 85.8 cm³/mol. The van der Waals surface area contributed by atoms with Gasteiger partial charge in [-0.3, -0.25) is 0 Å². The fraction of sp³-hybridized carbons (Fsp3) is 0.500. The standard InChI is InChI=1S/C16H23NO2.ClH/c1-4-6-7-11-17-13-14-9-8-10-15(18-3)16(14)19-12-5-2;/h2,8-10,17H,4,6-7,11-13H2,1,3H3;1H. The predicted octanol–water partition coefficient (Wildman–Crippen LogP) is 3.41. The Kier molecular flexibility index (Phi) is 10.7. The molecule has 1 N–H and O–H groups in total. The molecule has 0 atom stereocenters. The smallest absolute Gasteiger partial charge is 0.167 e. The molecule has 0 heterocycles. The van der Waals surface area contributed by atoms with Crippen molar-refractivity contribution in [1.82, 2.24) is 5.32 Å². The Balaban J connectivity index is 0.00000361. The Bertz CT molecular complexity index is 415. The van der Waals surface area contributed by atoms with Crippen LogP contribution in [0.25, 0.3) is 0 Å². The second kappa shape index (κ2) is 11.5. The summed E-state index contributed by atoms with van der Waals surface area (Å²) in [5.74, 6) is 3.95. The van der Waals surface area contributed by atoms with Gasteiger partial charge in [-0.15, -0.1) is 18.8 Å². The average Bonchev–Trinajstić information content (AvgIpc) is 2.45. The van der Waals surface area contributed by atoms with Crippen molar-refractivity contribution in [2.75, 3.05) is 20.3 Å². The van der Waals surface area contributed by atoms with Gasteiger partial charge in [-0.25, -0.2) is 0 Å². The molecule has 0 radical (unpaired) electrons. The van der Waals surface area contributed by atoms with E-state index in [2.05, 4.69) is 18.2 Å². The molecule has 0 amide bonds. The van der Waals surface area contributed by atoms with Gasteiger partial charge in [0, 0.05) is 12.1 Å². The lowest BCUT2D eigenvalue weighted by Gasteiger charge is -2.14. The molecule has 1 aromatic rings. The van der Waals surface area contributed by atoms with Gasteiger partial charge in [0.1, 0.15) is 6.61 Å². The lowest BCUT2D eigenvalue weighted by Crippen LogP contribution is -2.15. The molecule has 0 saturated carbocycles. The van der Waals surface area contributed by atoms with Crippen molar-refractivity contribution in [1.29, 1.82) is 0 Å². The lowest BCUT2D eigenvalue weighted by molar-refractivity contribution is 0.326. The molecule has 0 bridgehead atoms. The summed E-state index contributed by atoms with van der Waals surface area (Å²) in [5.41, 5.74) is 1.08. The van der Waals surface area contributed by atoms with Crippen LogP contribution in [0.5, 0.6) is 11.5 Å². The number of terminal acetylenes is 1. The van der Waals surface area contributed by atoms with Gasteiger partial charge < -0.3 is 14.8 Å². The minimum atomic E-state index is 0. The van der Waals surface area contributed by atoms with Crippen LogP contribution >= 0.6 is 12.4 Å². The summed E-state index contributed by atoms with van der Waals surface area (Å²) in [5, 5.41) is 3.42. The largest absolute Gasteiger partial charge is 0.493 e. The fourth-order valence-electron chi connectivity index (χ4n) is 1.86. The van der Waals surface area contributed by atoms with E-state index in [0.717, 1.165) is 30.2 Å². The summed E-state index contributed by atoms with van der Waals surface area (Å²) in [6.45, 7) is 4.23. The summed E-state index contributed by atoms with van der Waals surface area (Å²) in [6.07, 6.45) is 8.93. The van der Waals surface area contributed by atoms with E-state index in [0.29, 0.717) is 0 Å². The van der Waals surface area contributed by atoms with Gasteiger partial charge >= 0.3 is 0 Å². The van der Waals surface area contributed by atoms with Crippen molar-refractivity contribution in [3.05, 3.63) is 23.8 Å². The van der Waals surface area contributed by atoms with E-state index >= 15 is 0 Å². The van der Waals surface area contributed by atoms with Crippen LogP contribution in [-0.2, 0) is 6.54 Å². The van der Waals surface area contributed by atoms with Crippen LogP contribution in [0.4, 0.5) is 0 Å². The summed E-state index contributed by atoms with van der Waals surface area (Å²) < 4.78 is 10.9. The van der Waals surface area contributed by atoms with Gasteiger partial charge in [-0.05, 0) is 19.0 Å². The maximum Gasteiger partial charge on any atom is 0.167 e. The number of halogens is 1. The number of rotatable bonds is 9. The molecule has 0 aliphatic heterocycles. The van der Waals surface area contributed by atoms with E-state index in [9.17, 15) is 0 Å². The Labute approximate surface area is 128 Å². The summed E-state index contributed by atoms with van der Waals surface area (Å²) in [6, 6.07) is 5.87. The Morgan fingerprint density at radius 3 is 2.75 bits per heavy atom. The summed E-state index contributed by atoms with van der Waals surface area (Å²) in [4.78, 5) is 0. The number of methoxy groups -OCH3 is 1. The van der Waals surface area contributed by atoms with E-state index in [1.54, 1.807) is 7.11 Å². The second-order valence-corrected chi connectivity index (χ2v) is 4.33. The maximum absolute atomic E-state index is 5.59. The van der Waals surface area contributed by atoms with E-state index in [4.69, 9.17) is 15.9 Å². The highest BCUT2D eigenvalue weighted by molar-refractivity contribution is 5.85. The molecule has 0 aliphatic rings. The van der Waals surface area contributed by atoms with Crippen molar-refractivity contribution < 1.29 is 9.47 Å². The zero-order valence-electron chi connectivity index (χ0n) is 12.3. The van der Waals surface area contributed by atoms with Crippen LogP contribution < -0.4 is 14.8 Å². The number of hydrogen-bond donors (Lipinski definition) is 1. The molecule has 0 unspecified atom stereocenters. The quantitative estimate of drug-likeness (QED) is 0.560. The van der Waals surface area contributed by atoms with Crippen molar-refractivity contribution in [3.63, 3.8) is 0 Å². The van der Waals surface area contributed by atoms with Crippen LogP contribution in [-0.4, -0.2) is 20.3 Å². The first-order valence-electron chi connectivity index (χ1n) is 6.76. The Morgan fingerprint density at radius 2 is 2.10 bits per heavy atom. The molecule has 0 spiro atoms. The summed E-state index contributed by atoms with van der Waals surface area (Å²) >= 11 is 0. The van der Waals surface area contributed by atoms with Crippen LogP contribution in [0.2, 0.25) is 0 Å². The van der Waals surface area contributed by atoms with Crippen molar-refractivity contribution in [2.45, 2.75) is 32.7 Å². The van der Waals surface area contributed by atoms with Crippen LogP contribution in [0.15, 0.2) is 18.2 Å². The van der Waals surface area contributed by atoms with Gasteiger partial charge in [0.15, 0.2) is 11.5 Å². The molecule has 20 heavy (non-hydrogen) atoms. The first-order chi connectivity index (χ1) is 9.33. The first-order valence-corrected chi connectivity index (χ1v) is 6.76. The van der Waals surface area contributed by atoms with Gasteiger partial charge in [0.2, 0.25) is 0 Å². The molecule has 0 aromatic heterocycles. The number of nitrogens with one attached hydrogen (secondary N) is 1. The molecule has 0 aliphatic carbocycles. The lowest BCUT2D eigenvalue weighted by atomic mass is 10.1. The van der Waals surface area contributed by atoms with E-state index < -0.39 is 0 Å². The van der Waals surface area contributed by atoms with Gasteiger partial charge in [-0.1, -0.05) is 37.8 Å². The topological polar surface area (TPSA) is 30.5 Å². The minimum absolute atomic E-state index is 0. The third-order valence-corrected chi connectivity index (χ3v) is 2.85. The molecule has 0 fully saturated rings. The number of benzene rings is 1. The number of unbranched alkanes of at least 4 members (excludes halogenated alkanes) is 2. The van der Waals surface area contributed by atoms with E-state index in [-0.39, 0.29) is 19.0 Å². The fourth-order valence-corrected chi connectivity index (χ4v) is 1.86. The minimum Gasteiger partial charge on any atom is -0.493 e. The molecule has 3 nitrogen and oxygen atoms in total. The summed E-state index contributed by atoms with van der Waals surface area (Å²) in [7, 11) is 1.64. The number of hydrogen-bond acceptors (Lipinski definition) is 3. The average molecular weight is 298 g/mol. The molecular weight excluding hydrogens is 274 g/mol. The van der Waals surface area contributed by atoms with E-state index in [1.165, 1.54) is 19.3 Å². The molecular formula is C16H24ClNO2. The molecule has 4 heteroatoms. The molecule has 1 rings (SSSR count). The SMILES string of the molecule is C#CCOc1c(CNCCCCC)cccc1OC.Cl. The number of ether oxygens (including phenoxy) is 2. The van der Waals surface area contributed by atoms with Crippen molar-refractivity contribution in [2.24, 2.45) is 0 Å². The molecule has 112 valence electrons. The zero-order valence-corrected chi connectivity index (χ0v) is 13.1. The van der Waals surface area contributed by atoms with E-state index in [1.807, 2.05) is 18.2 Å². The Morgan fingerprint density at radius 1 is 1.30 bits per heavy atom. The Hall–Kier alpha value is -1.37. The normalized spacial score (nSPS) is 9.45. The van der Waals surface area contributed by atoms with Gasteiger partial charge in [0.05, 0.1) is 7.11 Å². The third kappa shape index (κ3) is 6.18. The van der Waals surface area contributed by atoms with Crippen molar-refractivity contribution in [3.8, 4) is 23.8 Å². The van der Waals surface area contributed by atoms with Crippen LogP contribution in [0.1, 0.15) is 31.7 Å². The zero-order chi connectivity index (χ0) is 13.9. The van der Waals surface area contributed by atoms with Gasteiger partial charge in [-0.2, -0.15) is 0 Å². The van der Waals surface area contributed by atoms with Crippen LogP contribution in [0.3, 0.4) is 0 Å². The highest BCUT2D eigenvalue weighted by Crippen LogP contribution is 2.30. The van der Waals surface area contributed by atoms with Crippen molar-refractivity contribution >= 4 is 12.4 Å². The maximum atomic E-state index is 5.59. The van der Waals surface area contributed by atoms with Gasteiger partial charge in [0.25, 0.3) is 0 Å². The highest BCUT2D eigenvalue weighted by atomic mass is 35.5. The molecule has 1 aromatic carbocycles. The first kappa shape index (κ1) is 18.6. The highest BCUT2D eigenvalue weighted by Gasteiger charge is 2.09. The second-order valence-electron chi connectivity index (χ2n) is 4.33. The number of para-hydroxylation sites is 1. The molecule has 0 saturated heterocycles. The third-order valence-electron chi connectivity index (χ3n) is 2.85. The van der Waals surface area contributed by atoms with Crippen LogP contribution in [0, 0.1) is 12.3 Å². The monoisotopic (exact) mass is 297 g/mol.